The van der Waals surface area contributed by atoms with Gasteiger partial charge in [0.2, 0.25) is 0 Å². The molecule has 0 heterocycles. The highest BCUT2D eigenvalue weighted by Crippen LogP contribution is 2.40. The zero-order valence-corrected chi connectivity index (χ0v) is 18.2. The van der Waals surface area contributed by atoms with E-state index in [0.29, 0.717) is 0 Å². The lowest BCUT2D eigenvalue weighted by molar-refractivity contribution is 0.652. The summed E-state index contributed by atoms with van der Waals surface area (Å²) in [5.41, 5.74) is 2.79. The molecule has 0 aliphatic carbocycles. The second kappa shape index (κ2) is 7.76. The van der Waals surface area contributed by atoms with Crippen LogP contribution in [0.1, 0.15) is 38.8 Å². The van der Waals surface area contributed by atoms with Gasteiger partial charge in [0.15, 0.2) is 0 Å². The maximum atomic E-state index is 3.51. The number of benzene rings is 2. The number of rotatable bonds is 6. The van der Waals surface area contributed by atoms with Crippen LogP contribution in [0.5, 0.6) is 0 Å². The molecule has 0 amide bonds. The molecule has 0 fully saturated rings. The molecule has 3 heteroatoms. The second-order valence-electron chi connectivity index (χ2n) is 7.23. The van der Waals surface area contributed by atoms with Crippen LogP contribution in [0.4, 0.5) is 0 Å². The van der Waals surface area contributed by atoms with Crippen molar-refractivity contribution in [2.24, 2.45) is 0 Å². The number of hydrogen-bond donors (Lipinski definition) is 0. The van der Waals surface area contributed by atoms with Gasteiger partial charge in [0, 0.05) is 18.4 Å². The van der Waals surface area contributed by atoms with E-state index < -0.39 is 0 Å². The van der Waals surface area contributed by atoms with E-state index in [2.05, 4.69) is 120 Å². The van der Waals surface area contributed by atoms with Gasteiger partial charge in [-0.25, -0.2) is 0 Å². The predicted molar refractivity (Wildman–Crippen MR) is 111 cm³/mol. The predicted octanol–water partition coefficient (Wildman–Crippen LogP) is 7.29. The molecular formula is C20H24Br2S. The third kappa shape index (κ3) is 6.64. The van der Waals surface area contributed by atoms with Gasteiger partial charge in [-0.1, -0.05) is 83.8 Å². The van der Waals surface area contributed by atoms with E-state index in [-0.39, 0.29) is 9.49 Å². The molecule has 0 bridgehead atoms. The van der Waals surface area contributed by atoms with Crippen molar-refractivity contribution in [1.82, 2.24) is 0 Å². The highest BCUT2D eigenvalue weighted by molar-refractivity contribution is 9.10. The molecule has 2 aromatic carbocycles. The summed E-state index contributed by atoms with van der Waals surface area (Å²) in [4.78, 5) is 0. The zero-order valence-electron chi connectivity index (χ0n) is 14.2. The highest BCUT2D eigenvalue weighted by Gasteiger charge is 2.29. The summed E-state index contributed by atoms with van der Waals surface area (Å²) in [6.45, 7) is 9.40. The van der Waals surface area contributed by atoms with Gasteiger partial charge in [-0.3, -0.25) is 0 Å². The zero-order chi connectivity index (χ0) is 17.1. The van der Waals surface area contributed by atoms with Gasteiger partial charge in [0.05, 0.1) is 0 Å². The van der Waals surface area contributed by atoms with E-state index in [1.807, 2.05) is 0 Å². The normalized spacial score (nSPS) is 12.4. The standard InChI is InChI=1S/C20H24Br2S/c1-19(2,13-15-5-9-17(21)10-6-15)23-20(3,4)14-16-7-11-18(22)12-8-16/h5-12H,13-14H2,1-4H3. The second-order valence-corrected chi connectivity index (χ2v) is 11.5. The molecule has 0 aliphatic heterocycles. The lowest BCUT2D eigenvalue weighted by atomic mass is 10.0. The van der Waals surface area contributed by atoms with Crippen molar-refractivity contribution in [3.8, 4) is 0 Å². The van der Waals surface area contributed by atoms with Crippen molar-refractivity contribution in [3.63, 3.8) is 0 Å². The quantitative estimate of drug-likeness (QED) is 0.440. The Balaban J connectivity index is 2.02. The monoisotopic (exact) mass is 454 g/mol. The van der Waals surface area contributed by atoms with Gasteiger partial charge < -0.3 is 0 Å². The van der Waals surface area contributed by atoms with Gasteiger partial charge >= 0.3 is 0 Å². The SMILES string of the molecule is CC(C)(Cc1ccc(Br)cc1)SC(C)(C)Cc1ccc(Br)cc1. The van der Waals surface area contributed by atoms with Crippen molar-refractivity contribution in [1.29, 1.82) is 0 Å². The van der Waals surface area contributed by atoms with Crippen molar-refractivity contribution >= 4 is 43.6 Å². The van der Waals surface area contributed by atoms with Gasteiger partial charge in [0.1, 0.15) is 0 Å². The maximum Gasteiger partial charge on any atom is 0.0175 e. The van der Waals surface area contributed by atoms with Crippen LogP contribution < -0.4 is 0 Å². The molecule has 0 aliphatic rings. The lowest BCUT2D eigenvalue weighted by Gasteiger charge is -2.35. The summed E-state index contributed by atoms with van der Waals surface area (Å²) in [5, 5.41) is 0. The average molecular weight is 456 g/mol. The third-order valence-corrected chi connectivity index (χ3v) is 6.09. The minimum absolute atomic E-state index is 0.201. The van der Waals surface area contributed by atoms with E-state index in [0.717, 1.165) is 21.8 Å². The molecule has 2 rings (SSSR count). The molecule has 0 spiro atoms. The topological polar surface area (TPSA) is 0 Å². The molecule has 2 aromatic rings. The Morgan fingerprint density at radius 1 is 0.652 bits per heavy atom. The first-order chi connectivity index (χ1) is 10.7. The van der Waals surface area contributed by atoms with Crippen LogP contribution >= 0.6 is 43.6 Å². The van der Waals surface area contributed by atoms with Crippen molar-refractivity contribution < 1.29 is 0 Å². The molecule has 0 saturated carbocycles. The first-order valence-electron chi connectivity index (χ1n) is 7.84. The van der Waals surface area contributed by atoms with Crippen molar-refractivity contribution in [2.75, 3.05) is 0 Å². The van der Waals surface area contributed by atoms with Crippen LogP contribution in [0.3, 0.4) is 0 Å². The van der Waals surface area contributed by atoms with Crippen molar-refractivity contribution in [3.05, 3.63) is 68.6 Å². The fraction of sp³-hybridized carbons (Fsp3) is 0.400. The minimum Gasteiger partial charge on any atom is -0.149 e. The van der Waals surface area contributed by atoms with Gasteiger partial charge in [-0.15, -0.1) is 11.8 Å². The van der Waals surface area contributed by atoms with Gasteiger partial charge in [-0.2, -0.15) is 0 Å². The smallest absolute Gasteiger partial charge is 0.0175 e. The van der Waals surface area contributed by atoms with Crippen LogP contribution in [0.25, 0.3) is 0 Å². The molecule has 0 atom stereocenters. The summed E-state index contributed by atoms with van der Waals surface area (Å²) in [5.74, 6) is 0. The van der Waals surface area contributed by atoms with Crippen LogP contribution in [0, 0.1) is 0 Å². The summed E-state index contributed by atoms with van der Waals surface area (Å²) in [6, 6.07) is 17.4. The van der Waals surface area contributed by atoms with Crippen LogP contribution in [-0.2, 0) is 12.8 Å². The molecule has 0 unspecified atom stereocenters. The Labute approximate surface area is 161 Å². The molecule has 23 heavy (non-hydrogen) atoms. The first kappa shape index (κ1) is 19.1. The van der Waals surface area contributed by atoms with E-state index in [1.165, 1.54) is 11.1 Å². The largest absolute Gasteiger partial charge is 0.149 e. The minimum atomic E-state index is 0.201. The number of thioether (sulfide) groups is 1. The molecule has 0 nitrogen and oxygen atoms in total. The van der Waals surface area contributed by atoms with E-state index in [4.69, 9.17) is 0 Å². The Morgan fingerprint density at radius 2 is 0.957 bits per heavy atom. The molecule has 124 valence electrons. The Bertz CT molecular complexity index is 570. The summed E-state index contributed by atoms with van der Waals surface area (Å²) in [6.07, 6.45) is 2.16. The Morgan fingerprint density at radius 3 is 1.26 bits per heavy atom. The first-order valence-corrected chi connectivity index (χ1v) is 10.2. The number of halogens is 2. The van der Waals surface area contributed by atoms with Gasteiger partial charge in [-0.05, 0) is 48.2 Å². The molecule has 0 radical (unpaired) electrons. The van der Waals surface area contributed by atoms with E-state index in [1.54, 1.807) is 0 Å². The van der Waals surface area contributed by atoms with Gasteiger partial charge in [0.25, 0.3) is 0 Å². The average Bonchev–Trinajstić information content (AvgIpc) is 2.42. The van der Waals surface area contributed by atoms with Crippen molar-refractivity contribution in [2.45, 2.75) is 50.0 Å². The van der Waals surface area contributed by atoms with E-state index >= 15 is 0 Å². The highest BCUT2D eigenvalue weighted by atomic mass is 79.9. The molecule has 0 saturated heterocycles. The van der Waals surface area contributed by atoms with E-state index in [9.17, 15) is 0 Å². The maximum absolute atomic E-state index is 3.51. The summed E-state index contributed by atoms with van der Waals surface area (Å²) < 4.78 is 2.68. The molecule has 0 aromatic heterocycles. The van der Waals surface area contributed by atoms with Crippen LogP contribution in [0.2, 0.25) is 0 Å². The Hall–Kier alpha value is -0.250. The summed E-state index contributed by atoms with van der Waals surface area (Å²) in [7, 11) is 0. The Kier molecular flexibility index (Phi) is 6.43. The fourth-order valence-corrected chi connectivity index (χ4v) is 5.51. The molecule has 0 N–H and O–H groups in total. The lowest BCUT2D eigenvalue weighted by Crippen LogP contribution is -2.29. The van der Waals surface area contributed by atoms with Crippen LogP contribution in [-0.4, -0.2) is 9.49 Å². The van der Waals surface area contributed by atoms with Crippen LogP contribution in [0.15, 0.2) is 57.5 Å². The third-order valence-electron chi connectivity index (χ3n) is 3.64. The fourth-order valence-electron chi connectivity index (χ4n) is 3.01. The molecular weight excluding hydrogens is 432 g/mol. The summed E-state index contributed by atoms with van der Waals surface area (Å²) >= 11 is 9.09. The number of hydrogen-bond acceptors (Lipinski definition) is 1.